The van der Waals surface area contributed by atoms with Crippen LogP contribution < -0.4 is 0 Å². The Labute approximate surface area is 382 Å². The average molecular weight is 837 g/mol. The van der Waals surface area contributed by atoms with E-state index in [0.29, 0.717) is 0 Å². The molecule has 11 aromatic carbocycles. The van der Waals surface area contributed by atoms with Crippen LogP contribution in [0.25, 0.3) is 133 Å². The molecule has 14 rings (SSSR count). The number of nitrogens with zero attached hydrogens (tertiary/aromatic N) is 2. The van der Waals surface area contributed by atoms with Gasteiger partial charge in [0.2, 0.25) is 0 Å². The number of aromatic nitrogens is 2. The van der Waals surface area contributed by atoms with Gasteiger partial charge in [0.05, 0.1) is 22.1 Å². The van der Waals surface area contributed by atoms with E-state index in [9.17, 15) is 0 Å². The summed E-state index contributed by atoms with van der Waals surface area (Å²) in [6, 6.07) is 89.4. The summed E-state index contributed by atoms with van der Waals surface area (Å²) >= 11 is 0. The fraction of sp³-hybridized carbons (Fsp3) is 0. The Morgan fingerprint density at radius 2 is 0.667 bits per heavy atom. The second-order valence-electron chi connectivity index (χ2n) is 17.7. The van der Waals surface area contributed by atoms with Crippen molar-refractivity contribution in [3.63, 3.8) is 0 Å². The Balaban J connectivity index is 0.930. The number of benzene rings is 11. The normalized spacial score (nSPS) is 11.9. The number of hydrogen-bond donors (Lipinski definition) is 0. The van der Waals surface area contributed by atoms with Crippen molar-refractivity contribution < 1.29 is 0 Å². The van der Waals surface area contributed by atoms with Crippen LogP contribution in [0.1, 0.15) is 0 Å². The molecule has 0 unspecified atom stereocenters. The van der Waals surface area contributed by atoms with Gasteiger partial charge in [-0.1, -0.05) is 176 Å². The summed E-state index contributed by atoms with van der Waals surface area (Å²) in [5.41, 5.74) is 22.0. The molecule has 2 heteroatoms. The summed E-state index contributed by atoms with van der Waals surface area (Å²) in [7, 11) is 0. The molecule has 2 aromatic heterocycles. The molecule has 2 nitrogen and oxygen atoms in total. The highest BCUT2D eigenvalue weighted by molar-refractivity contribution is 6.29. The van der Waals surface area contributed by atoms with E-state index in [1.807, 2.05) is 0 Å². The molecule has 0 N–H and O–H groups in total. The zero-order valence-electron chi connectivity index (χ0n) is 36.0. The van der Waals surface area contributed by atoms with Crippen molar-refractivity contribution in [3.05, 3.63) is 243 Å². The van der Waals surface area contributed by atoms with Crippen LogP contribution in [-0.4, -0.2) is 9.13 Å². The molecule has 0 radical (unpaired) electrons. The van der Waals surface area contributed by atoms with Gasteiger partial charge in [0.15, 0.2) is 0 Å². The van der Waals surface area contributed by atoms with Gasteiger partial charge in [0.25, 0.3) is 0 Å². The quantitative estimate of drug-likeness (QED) is 0.158. The lowest BCUT2D eigenvalue weighted by molar-refractivity contribution is 1.18. The zero-order chi connectivity index (χ0) is 43.3. The minimum atomic E-state index is 1.15. The maximum Gasteiger partial charge on any atom is 0.0553 e. The summed E-state index contributed by atoms with van der Waals surface area (Å²) in [4.78, 5) is 0. The van der Waals surface area contributed by atoms with E-state index >= 15 is 0 Å². The third kappa shape index (κ3) is 5.55. The molecule has 306 valence electrons. The van der Waals surface area contributed by atoms with Crippen LogP contribution in [0.5, 0.6) is 0 Å². The molecule has 13 aromatic rings. The van der Waals surface area contributed by atoms with Crippen molar-refractivity contribution >= 4 is 54.4 Å². The number of rotatable bonds is 6. The van der Waals surface area contributed by atoms with Crippen LogP contribution >= 0.6 is 0 Å². The van der Waals surface area contributed by atoms with Gasteiger partial charge in [-0.15, -0.1) is 0 Å². The van der Waals surface area contributed by atoms with E-state index in [1.54, 1.807) is 0 Å². The fourth-order valence-electron chi connectivity index (χ4n) is 11.0. The summed E-state index contributed by atoms with van der Waals surface area (Å²) in [5.74, 6) is 0. The second-order valence-corrected chi connectivity index (χ2v) is 17.7. The van der Waals surface area contributed by atoms with Gasteiger partial charge in [-0.2, -0.15) is 0 Å². The minimum absolute atomic E-state index is 1.15. The Kier molecular flexibility index (Phi) is 8.02. The monoisotopic (exact) mass is 836 g/mol. The highest BCUT2D eigenvalue weighted by Crippen LogP contribution is 2.51. The standard InChI is InChI=1S/C64H40N2/c1-3-14-41(15-4-1)44-18-11-19-45(36-44)43-28-32-49(33-29-43)65-59-27-10-9-24-53(59)56-38-47(30-34-60(56)65)48-31-35-61-58(39-48)64-55-26-13-25-54-51-22-7-8-23-52(51)57(63(54)55)40-62(64)66(61)50-21-12-20-46(37-50)42-16-5-2-6-17-42/h1-40H. The van der Waals surface area contributed by atoms with Crippen molar-refractivity contribution in [2.45, 2.75) is 0 Å². The zero-order valence-corrected chi connectivity index (χ0v) is 36.0. The third-order valence-corrected chi connectivity index (χ3v) is 14.0. The summed E-state index contributed by atoms with van der Waals surface area (Å²) < 4.78 is 4.91. The van der Waals surface area contributed by atoms with Gasteiger partial charge in [0, 0.05) is 32.9 Å². The number of fused-ring (bicyclic) bond motifs is 10. The Morgan fingerprint density at radius 3 is 1.39 bits per heavy atom. The molecule has 66 heavy (non-hydrogen) atoms. The molecule has 0 bridgehead atoms. The SMILES string of the molecule is c1ccc(-c2cccc(-c3ccc(-n4c5ccccc5c5cc(-c6ccc7c(c6)c6c8cccc9c8c(cc6n7-c6cccc(-c7ccccc7)c6)-c6ccccc6-9)ccc54)cc3)c2)cc1. The molecular weight excluding hydrogens is 797 g/mol. The Morgan fingerprint density at radius 1 is 0.197 bits per heavy atom. The van der Waals surface area contributed by atoms with Crippen LogP contribution in [0.15, 0.2) is 243 Å². The van der Waals surface area contributed by atoms with E-state index in [4.69, 9.17) is 0 Å². The smallest absolute Gasteiger partial charge is 0.0553 e. The topological polar surface area (TPSA) is 9.86 Å². The van der Waals surface area contributed by atoms with Gasteiger partial charge in [-0.05, 0) is 144 Å². The largest absolute Gasteiger partial charge is 0.309 e. The number of para-hydroxylation sites is 1. The third-order valence-electron chi connectivity index (χ3n) is 14.0. The predicted molar refractivity (Wildman–Crippen MR) is 279 cm³/mol. The molecular formula is C64H40N2. The maximum atomic E-state index is 2.49. The molecule has 1 aliphatic carbocycles. The maximum absolute atomic E-state index is 2.49. The van der Waals surface area contributed by atoms with Crippen LogP contribution in [0, 0.1) is 0 Å². The van der Waals surface area contributed by atoms with Crippen LogP contribution in [0.2, 0.25) is 0 Å². The molecule has 0 saturated heterocycles. The molecule has 1 aliphatic rings. The van der Waals surface area contributed by atoms with Crippen molar-refractivity contribution in [3.8, 4) is 78.1 Å². The van der Waals surface area contributed by atoms with Crippen LogP contribution in [0.4, 0.5) is 0 Å². The van der Waals surface area contributed by atoms with Gasteiger partial charge < -0.3 is 9.13 Å². The fourth-order valence-corrected chi connectivity index (χ4v) is 11.0. The van der Waals surface area contributed by atoms with Crippen LogP contribution in [0.3, 0.4) is 0 Å². The summed E-state index contributed by atoms with van der Waals surface area (Å²) in [5, 5.41) is 7.67. The lowest BCUT2D eigenvalue weighted by Gasteiger charge is -2.12. The first-order valence-corrected chi connectivity index (χ1v) is 22.8. The highest BCUT2D eigenvalue weighted by Gasteiger charge is 2.26. The Hall–Kier alpha value is -8.72. The first-order valence-electron chi connectivity index (χ1n) is 22.8. The van der Waals surface area contributed by atoms with E-state index < -0.39 is 0 Å². The second kappa shape index (κ2) is 14.4. The number of hydrogen-bond acceptors (Lipinski definition) is 0. The van der Waals surface area contributed by atoms with Crippen molar-refractivity contribution in [2.75, 3.05) is 0 Å². The Bertz CT molecular complexity index is 4080. The highest BCUT2D eigenvalue weighted by atomic mass is 15.0. The molecule has 0 fully saturated rings. The average Bonchev–Trinajstić information content (AvgIpc) is 4.03. The molecule has 0 amide bonds. The van der Waals surface area contributed by atoms with Crippen molar-refractivity contribution in [2.24, 2.45) is 0 Å². The van der Waals surface area contributed by atoms with Crippen molar-refractivity contribution in [1.29, 1.82) is 0 Å². The summed E-state index contributed by atoms with van der Waals surface area (Å²) in [6.07, 6.45) is 0. The first-order chi connectivity index (χ1) is 32.7. The van der Waals surface area contributed by atoms with Crippen LogP contribution in [-0.2, 0) is 0 Å². The van der Waals surface area contributed by atoms with Gasteiger partial charge in [0.1, 0.15) is 0 Å². The molecule has 0 atom stereocenters. The van der Waals surface area contributed by atoms with E-state index in [-0.39, 0.29) is 0 Å². The van der Waals surface area contributed by atoms with E-state index in [1.165, 1.54) is 121 Å². The first kappa shape index (κ1) is 36.7. The molecule has 0 spiro atoms. The minimum Gasteiger partial charge on any atom is -0.309 e. The molecule has 2 heterocycles. The van der Waals surface area contributed by atoms with Crippen molar-refractivity contribution in [1.82, 2.24) is 9.13 Å². The van der Waals surface area contributed by atoms with Gasteiger partial charge >= 0.3 is 0 Å². The molecule has 0 aliphatic heterocycles. The summed E-state index contributed by atoms with van der Waals surface area (Å²) in [6.45, 7) is 0. The van der Waals surface area contributed by atoms with Gasteiger partial charge in [-0.3, -0.25) is 0 Å². The molecule has 0 saturated carbocycles. The van der Waals surface area contributed by atoms with E-state index in [2.05, 4.69) is 252 Å². The van der Waals surface area contributed by atoms with E-state index in [0.717, 1.165) is 11.4 Å². The predicted octanol–water partition coefficient (Wildman–Crippen LogP) is 17.3. The lowest BCUT2D eigenvalue weighted by Crippen LogP contribution is -1.95. The lowest BCUT2D eigenvalue weighted by atomic mass is 9.96. The van der Waals surface area contributed by atoms with Gasteiger partial charge in [-0.25, -0.2) is 0 Å².